The van der Waals surface area contributed by atoms with Gasteiger partial charge in [0.25, 0.3) is 0 Å². The third kappa shape index (κ3) is 8.22. The number of carbonyl (C=O) groups is 1. The van der Waals surface area contributed by atoms with Crippen LogP contribution in [0.3, 0.4) is 0 Å². The first kappa shape index (κ1) is 24.5. The van der Waals surface area contributed by atoms with Gasteiger partial charge in [-0.15, -0.1) is 24.0 Å². The molecule has 2 rings (SSSR count). The van der Waals surface area contributed by atoms with Crippen LogP contribution in [0.5, 0.6) is 5.75 Å². The van der Waals surface area contributed by atoms with Crippen LogP contribution in [0.15, 0.2) is 23.2 Å². The monoisotopic (exact) mass is 504 g/mol. The molecule has 1 unspecified atom stereocenters. The van der Waals surface area contributed by atoms with Crippen LogP contribution >= 0.6 is 24.0 Å². The Morgan fingerprint density at radius 2 is 2.14 bits per heavy atom. The lowest BCUT2D eigenvalue weighted by Gasteiger charge is -2.16. The maximum atomic E-state index is 11.7. The first-order chi connectivity index (χ1) is 13.0. The van der Waals surface area contributed by atoms with Gasteiger partial charge in [0.1, 0.15) is 11.9 Å². The maximum Gasteiger partial charge on any atom is 0.223 e. The second kappa shape index (κ2) is 12.8. The van der Waals surface area contributed by atoms with Gasteiger partial charge in [0.15, 0.2) is 5.96 Å². The van der Waals surface area contributed by atoms with Gasteiger partial charge in [0.05, 0.1) is 19.8 Å². The van der Waals surface area contributed by atoms with E-state index in [0.717, 1.165) is 36.4 Å². The van der Waals surface area contributed by atoms with Gasteiger partial charge >= 0.3 is 0 Å². The predicted octanol–water partition coefficient (Wildman–Crippen LogP) is 2.31. The number of nitrogens with zero attached hydrogens (tertiary/aromatic N) is 2. The van der Waals surface area contributed by atoms with Crippen molar-refractivity contribution in [2.24, 2.45) is 4.99 Å². The molecule has 0 spiro atoms. The Balaban J connectivity index is 0.00000392. The summed E-state index contributed by atoms with van der Waals surface area (Å²) in [4.78, 5) is 17.9. The molecule has 0 aliphatic carbocycles. The Morgan fingerprint density at radius 1 is 1.36 bits per heavy atom. The minimum Gasteiger partial charge on any atom is -0.488 e. The largest absolute Gasteiger partial charge is 0.488 e. The molecule has 28 heavy (non-hydrogen) atoms. The molecule has 8 heteroatoms. The lowest BCUT2D eigenvalue weighted by Crippen LogP contribution is -2.39. The Morgan fingerprint density at radius 3 is 2.79 bits per heavy atom. The van der Waals surface area contributed by atoms with Crippen molar-refractivity contribution >= 4 is 35.8 Å². The van der Waals surface area contributed by atoms with Crippen molar-refractivity contribution in [1.29, 1.82) is 0 Å². The second-order valence-electron chi connectivity index (χ2n) is 6.87. The van der Waals surface area contributed by atoms with Crippen molar-refractivity contribution < 1.29 is 14.3 Å². The molecule has 1 fully saturated rings. The van der Waals surface area contributed by atoms with Gasteiger partial charge in [0, 0.05) is 45.6 Å². The highest BCUT2D eigenvalue weighted by Crippen LogP contribution is 2.24. The molecule has 1 amide bonds. The van der Waals surface area contributed by atoms with Crippen LogP contribution in [-0.4, -0.2) is 63.3 Å². The fourth-order valence-electron chi connectivity index (χ4n) is 2.70. The van der Waals surface area contributed by atoms with Crippen molar-refractivity contribution in [2.75, 3.05) is 40.4 Å². The zero-order chi connectivity index (χ0) is 19.6. The number of aryl methyl sites for hydroxylation is 1. The first-order valence-electron chi connectivity index (χ1n) is 9.56. The van der Waals surface area contributed by atoms with Crippen molar-refractivity contribution in [1.82, 2.24) is 15.5 Å². The Hall–Kier alpha value is -1.55. The molecule has 0 bridgehead atoms. The Bertz CT molecular complexity index is 646. The summed E-state index contributed by atoms with van der Waals surface area (Å²) in [6.45, 7) is 7.26. The van der Waals surface area contributed by atoms with Crippen molar-refractivity contribution in [3.05, 3.63) is 29.3 Å². The fourth-order valence-corrected chi connectivity index (χ4v) is 2.70. The fraction of sp³-hybridized carbons (Fsp3) is 0.600. The summed E-state index contributed by atoms with van der Waals surface area (Å²) < 4.78 is 11.5. The van der Waals surface area contributed by atoms with Crippen molar-refractivity contribution in [3.63, 3.8) is 0 Å². The van der Waals surface area contributed by atoms with Crippen LogP contribution in [0.2, 0.25) is 0 Å². The molecular weight excluding hydrogens is 471 g/mol. The van der Waals surface area contributed by atoms with Crippen LogP contribution in [0.25, 0.3) is 0 Å². The number of rotatable bonds is 8. The minimum atomic E-state index is 0. The Kier molecular flexibility index (Phi) is 11.2. The number of aliphatic imine (C=N–C) groups is 1. The number of ether oxygens (including phenoxy) is 2. The summed E-state index contributed by atoms with van der Waals surface area (Å²) in [5.41, 5.74) is 2.19. The highest BCUT2D eigenvalue weighted by Gasteiger charge is 2.18. The standard InChI is InChI=1S/C20H32N4O3.HI/c1-5-21-20(22-10-8-19(25)24(3)4)23-13-16-7-6-15(2)12-18(16)27-17-9-11-26-14-17;/h6-7,12,17H,5,8-11,13-14H2,1-4H3,(H2,21,22,23);1H. The SMILES string of the molecule is CCNC(=NCc1ccc(C)cc1OC1CCOC1)NCCC(=O)N(C)C.I. The lowest BCUT2D eigenvalue weighted by atomic mass is 10.1. The lowest BCUT2D eigenvalue weighted by molar-refractivity contribution is -0.128. The van der Waals surface area contributed by atoms with Crippen LogP contribution < -0.4 is 15.4 Å². The van der Waals surface area contributed by atoms with Gasteiger partial charge < -0.3 is 25.0 Å². The molecule has 1 aromatic carbocycles. The number of halogens is 1. The summed E-state index contributed by atoms with van der Waals surface area (Å²) in [7, 11) is 3.52. The highest BCUT2D eigenvalue weighted by molar-refractivity contribution is 14.0. The van der Waals surface area contributed by atoms with E-state index in [2.05, 4.69) is 40.7 Å². The molecule has 158 valence electrons. The number of nitrogens with one attached hydrogen (secondary N) is 2. The summed E-state index contributed by atoms with van der Waals surface area (Å²) in [5.74, 6) is 1.65. The number of hydrogen-bond donors (Lipinski definition) is 2. The van der Waals surface area contributed by atoms with E-state index in [1.807, 2.05) is 6.92 Å². The number of hydrogen-bond acceptors (Lipinski definition) is 4. The highest BCUT2D eigenvalue weighted by atomic mass is 127. The van der Waals surface area contributed by atoms with Gasteiger partial charge in [-0.3, -0.25) is 4.79 Å². The van der Waals surface area contributed by atoms with Gasteiger partial charge in [-0.05, 0) is 25.5 Å². The summed E-state index contributed by atoms with van der Waals surface area (Å²) in [6.07, 6.45) is 1.46. The van der Waals surface area contributed by atoms with Crippen LogP contribution in [0.1, 0.15) is 30.9 Å². The molecule has 1 saturated heterocycles. The number of amides is 1. The van der Waals surface area contributed by atoms with Gasteiger partial charge in [-0.1, -0.05) is 12.1 Å². The average Bonchev–Trinajstić information content (AvgIpc) is 3.13. The van der Waals surface area contributed by atoms with E-state index in [0.29, 0.717) is 32.1 Å². The number of guanidine groups is 1. The number of benzene rings is 1. The minimum absolute atomic E-state index is 0. The van der Waals surface area contributed by atoms with Gasteiger partial charge in [-0.2, -0.15) is 0 Å². The molecule has 0 radical (unpaired) electrons. The van der Waals surface area contributed by atoms with E-state index >= 15 is 0 Å². The zero-order valence-corrected chi connectivity index (χ0v) is 19.6. The van der Waals surface area contributed by atoms with Gasteiger partial charge in [0.2, 0.25) is 5.91 Å². The smallest absolute Gasteiger partial charge is 0.223 e. The van der Waals surface area contributed by atoms with Crippen molar-refractivity contribution in [3.8, 4) is 5.75 Å². The van der Waals surface area contributed by atoms with E-state index in [9.17, 15) is 4.79 Å². The molecule has 2 N–H and O–H groups in total. The molecule has 1 aliphatic heterocycles. The second-order valence-corrected chi connectivity index (χ2v) is 6.87. The Labute approximate surface area is 185 Å². The summed E-state index contributed by atoms with van der Waals surface area (Å²) in [5, 5.41) is 6.42. The molecule has 7 nitrogen and oxygen atoms in total. The maximum absolute atomic E-state index is 11.7. The molecule has 0 aromatic heterocycles. The van der Waals surface area contributed by atoms with E-state index in [4.69, 9.17) is 9.47 Å². The van der Waals surface area contributed by atoms with Gasteiger partial charge in [-0.25, -0.2) is 4.99 Å². The molecular formula is C20H33IN4O3. The molecule has 1 heterocycles. The molecule has 0 saturated carbocycles. The summed E-state index contributed by atoms with van der Waals surface area (Å²) in [6, 6.07) is 6.18. The zero-order valence-electron chi connectivity index (χ0n) is 17.3. The normalized spacial score (nSPS) is 16.3. The van der Waals surface area contributed by atoms with Crippen LogP contribution in [0.4, 0.5) is 0 Å². The molecule has 1 aliphatic rings. The number of carbonyl (C=O) groups excluding carboxylic acids is 1. The predicted molar refractivity (Wildman–Crippen MR) is 123 cm³/mol. The van der Waals surface area contributed by atoms with E-state index in [1.165, 1.54) is 0 Å². The quantitative estimate of drug-likeness (QED) is 0.323. The third-order valence-electron chi connectivity index (χ3n) is 4.29. The van der Waals surface area contributed by atoms with E-state index < -0.39 is 0 Å². The average molecular weight is 504 g/mol. The van der Waals surface area contributed by atoms with Crippen LogP contribution in [-0.2, 0) is 16.1 Å². The summed E-state index contributed by atoms with van der Waals surface area (Å²) >= 11 is 0. The first-order valence-corrected chi connectivity index (χ1v) is 9.56. The topological polar surface area (TPSA) is 75.2 Å². The molecule has 1 atom stereocenters. The van der Waals surface area contributed by atoms with Crippen molar-refractivity contribution in [2.45, 2.75) is 39.3 Å². The van der Waals surface area contributed by atoms with E-state index in [1.54, 1.807) is 19.0 Å². The molecule has 1 aromatic rings. The van der Waals surface area contributed by atoms with E-state index in [-0.39, 0.29) is 36.0 Å². The third-order valence-corrected chi connectivity index (χ3v) is 4.29. The van der Waals surface area contributed by atoms with Crippen LogP contribution in [0, 0.1) is 6.92 Å².